The van der Waals surface area contributed by atoms with Gasteiger partial charge in [0.1, 0.15) is 6.04 Å². The fourth-order valence-corrected chi connectivity index (χ4v) is 3.71. The Labute approximate surface area is 101 Å². The molecule has 3 unspecified atom stereocenters. The molecule has 0 radical (unpaired) electrons. The lowest BCUT2D eigenvalue weighted by Crippen LogP contribution is -2.67. The highest BCUT2D eigenvalue weighted by molar-refractivity contribution is 4.98. The first-order chi connectivity index (χ1) is 7.06. The summed E-state index contributed by atoms with van der Waals surface area (Å²) in [6.07, 6.45) is 1.41. The molecule has 3 atom stereocenters. The molecule has 2 heteroatoms. The third kappa shape index (κ3) is 1.62. The van der Waals surface area contributed by atoms with Gasteiger partial charge in [-0.05, 0) is 41.5 Å². The Bertz CT molecular complexity index is 284. The van der Waals surface area contributed by atoms with Crippen LogP contribution in [0, 0.1) is 0 Å². The van der Waals surface area contributed by atoms with Crippen LogP contribution in [-0.4, -0.2) is 52.7 Å². The molecule has 0 spiro atoms. The predicted molar refractivity (Wildman–Crippen MR) is 69.5 cm³/mol. The van der Waals surface area contributed by atoms with Crippen molar-refractivity contribution in [2.24, 2.45) is 0 Å². The van der Waals surface area contributed by atoms with E-state index in [9.17, 15) is 0 Å². The first-order valence-corrected chi connectivity index (χ1v) is 6.68. The summed E-state index contributed by atoms with van der Waals surface area (Å²) in [5.41, 5.74) is 0.742. The molecule has 0 aromatic heterocycles. The SMILES string of the molecule is CC(C)(C)N1CC2CC1C[N+]2(C)C(C)(C)C. The molecule has 2 aliphatic heterocycles. The number of hydrogen-bond acceptors (Lipinski definition) is 1. The molecule has 2 bridgehead atoms. The van der Waals surface area contributed by atoms with E-state index in [1.165, 1.54) is 24.0 Å². The molecule has 0 N–H and O–H groups in total. The Morgan fingerprint density at radius 3 is 1.94 bits per heavy atom. The molecule has 2 aliphatic rings. The van der Waals surface area contributed by atoms with E-state index < -0.39 is 0 Å². The van der Waals surface area contributed by atoms with Crippen molar-refractivity contribution in [1.82, 2.24) is 4.90 Å². The summed E-state index contributed by atoms with van der Waals surface area (Å²) in [6.45, 7) is 16.9. The maximum absolute atomic E-state index is 2.73. The summed E-state index contributed by atoms with van der Waals surface area (Å²) in [5.74, 6) is 0. The lowest BCUT2D eigenvalue weighted by Gasteiger charge is -2.52. The van der Waals surface area contributed by atoms with Crippen LogP contribution in [0.5, 0.6) is 0 Å². The monoisotopic (exact) mass is 225 g/mol. The van der Waals surface area contributed by atoms with Crippen LogP contribution in [0.2, 0.25) is 0 Å². The zero-order chi connectivity index (χ0) is 12.4. The van der Waals surface area contributed by atoms with Gasteiger partial charge in [-0.25, -0.2) is 0 Å². The minimum absolute atomic E-state index is 0.350. The maximum Gasteiger partial charge on any atom is 0.104 e. The molecule has 2 saturated heterocycles. The molecule has 2 rings (SSSR count). The molecule has 0 amide bonds. The van der Waals surface area contributed by atoms with Crippen molar-refractivity contribution in [1.29, 1.82) is 0 Å². The van der Waals surface area contributed by atoms with Gasteiger partial charge in [-0.3, -0.25) is 4.90 Å². The molecule has 0 aromatic carbocycles. The van der Waals surface area contributed by atoms with Crippen LogP contribution in [-0.2, 0) is 0 Å². The fourth-order valence-electron chi connectivity index (χ4n) is 3.71. The van der Waals surface area contributed by atoms with Gasteiger partial charge >= 0.3 is 0 Å². The third-order valence-electron chi connectivity index (χ3n) is 5.18. The van der Waals surface area contributed by atoms with Crippen LogP contribution in [0.3, 0.4) is 0 Å². The van der Waals surface area contributed by atoms with Gasteiger partial charge in [-0.1, -0.05) is 0 Å². The Kier molecular flexibility index (Phi) is 2.50. The van der Waals surface area contributed by atoms with Gasteiger partial charge in [-0.15, -0.1) is 0 Å². The van der Waals surface area contributed by atoms with Crippen molar-refractivity contribution >= 4 is 0 Å². The van der Waals surface area contributed by atoms with E-state index in [0.29, 0.717) is 11.1 Å². The second kappa shape index (κ2) is 3.23. The normalized spacial score (nSPS) is 40.7. The van der Waals surface area contributed by atoms with Crippen molar-refractivity contribution in [3.63, 3.8) is 0 Å². The molecular weight excluding hydrogens is 196 g/mol. The Morgan fingerprint density at radius 1 is 1.06 bits per heavy atom. The molecule has 2 heterocycles. The van der Waals surface area contributed by atoms with Gasteiger partial charge in [-0.2, -0.15) is 0 Å². The number of piperazine rings is 1. The summed E-state index contributed by atoms with van der Waals surface area (Å²) < 4.78 is 1.27. The van der Waals surface area contributed by atoms with Crippen molar-refractivity contribution in [2.75, 3.05) is 20.1 Å². The first kappa shape index (κ1) is 12.4. The lowest BCUT2D eigenvalue weighted by molar-refractivity contribution is -0.968. The topological polar surface area (TPSA) is 3.24 Å². The first-order valence-electron chi connectivity index (χ1n) is 6.68. The number of likely N-dealkylation sites (tertiary alicyclic amines) is 2. The lowest BCUT2D eigenvalue weighted by atomic mass is 9.98. The zero-order valence-electron chi connectivity index (χ0n) is 12.2. The summed E-state index contributed by atoms with van der Waals surface area (Å²) in [4.78, 5) is 2.73. The van der Waals surface area contributed by atoms with Gasteiger partial charge in [0, 0.05) is 12.0 Å². The molecule has 16 heavy (non-hydrogen) atoms. The van der Waals surface area contributed by atoms with Crippen LogP contribution in [0.25, 0.3) is 0 Å². The third-order valence-corrected chi connectivity index (χ3v) is 5.18. The minimum Gasteiger partial charge on any atom is -0.317 e. The van der Waals surface area contributed by atoms with Crippen LogP contribution >= 0.6 is 0 Å². The molecule has 0 aliphatic carbocycles. The highest BCUT2D eigenvalue weighted by atomic mass is 15.5. The highest BCUT2D eigenvalue weighted by Gasteiger charge is 2.58. The van der Waals surface area contributed by atoms with Crippen LogP contribution in [0.15, 0.2) is 0 Å². The average Bonchev–Trinajstić information content (AvgIpc) is 2.56. The van der Waals surface area contributed by atoms with E-state index in [2.05, 4.69) is 53.5 Å². The molecular formula is C14H29N2+. The smallest absolute Gasteiger partial charge is 0.104 e. The van der Waals surface area contributed by atoms with Crippen molar-refractivity contribution < 1.29 is 4.48 Å². The van der Waals surface area contributed by atoms with E-state index in [-0.39, 0.29) is 0 Å². The van der Waals surface area contributed by atoms with E-state index >= 15 is 0 Å². The summed E-state index contributed by atoms with van der Waals surface area (Å²) >= 11 is 0. The number of hydrogen-bond donors (Lipinski definition) is 0. The maximum atomic E-state index is 2.73. The molecule has 0 saturated carbocycles. The number of fused-ring (bicyclic) bond motifs is 2. The Morgan fingerprint density at radius 2 is 1.62 bits per heavy atom. The van der Waals surface area contributed by atoms with Gasteiger partial charge in [0.15, 0.2) is 0 Å². The van der Waals surface area contributed by atoms with E-state index in [0.717, 1.165) is 12.1 Å². The molecule has 94 valence electrons. The minimum atomic E-state index is 0.350. The van der Waals surface area contributed by atoms with Crippen LogP contribution in [0.1, 0.15) is 48.0 Å². The Balaban J connectivity index is 2.18. The average molecular weight is 225 g/mol. The number of likely N-dealkylation sites (N-methyl/N-ethyl adjacent to an activating group) is 1. The number of nitrogens with zero attached hydrogens (tertiary/aromatic N) is 2. The van der Waals surface area contributed by atoms with E-state index in [4.69, 9.17) is 0 Å². The molecule has 2 nitrogen and oxygen atoms in total. The van der Waals surface area contributed by atoms with E-state index in [1.54, 1.807) is 0 Å². The summed E-state index contributed by atoms with van der Waals surface area (Å²) in [6, 6.07) is 1.67. The number of rotatable bonds is 0. The van der Waals surface area contributed by atoms with Gasteiger partial charge < -0.3 is 4.48 Å². The van der Waals surface area contributed by atoms with Crippen molar-refractivity contribution in [3.8, 4) is 0 Å². The van der Waals surface area contributed by atoms with Gasteiger partial charge in [0.2, 0.25) is 0 Å². The zero-order valence-corrected chi connectivity index (χ0v) is 12.2. The summed E-state index contributed by atoms with van der Waals surface area (Å²) in [5, 5.41) is 0. The second-order valence-electron chi connectivity index (χ2n) is 7.99. The molecule has 2 fully saturated rings. The quantitative estimate of drug-likeness (QED) is 0.573. The number of quaternary nitrogens is 1. The van der Waals surface area contributed by atoms with Crippen molar-refractivity contribution in [2.45, 2.75) is 71.1 Å². The highest BCUT2D eigenvalue weighted by Crippen LogP contribution is 2.43. The Hall–Kier alpha value is -0.0800. The summed E-state index contributed by atoms with van der Waals surface area (Å²) in [7, 11) is 2.46. The standard InChI is InChI=1S/C14H29N2/c1-13(2,3)15-9-12-8-11(15)10-16(12,7)14(4,5)6/h11-12H,8-10H2,1-7H3/q+1. The largest absolute Gasteiger partial charge is 0.317 e. The van der Waals surface area contributed by atoms with Crippen LogP contribution in [0.4, 0.5) is 0 Å². The van der Waals surface area contributed by atoms with Gasteiger partial charge in [0.25, 0.3) is 0 Å². The second-order valence-corrected chi connectivity index (χ2v) is 7.99. The van der Waals surface area contributed by atoms with Crippen molar-refractivity contribution in [3.05, 3.63) is 0 Å². The fraction of sp³-hybridized carbons (Fsp3) is 1.00. The van der Waals surface area contributed by atoms with E-state index in [1.807, 2.05) is 0 Å². The predicted octanol–water partition coefficient (Wildman–Crippen LogP) is 2.49. The van der Waals surface area contributed by atoms with Crippen LogP contribution < -0.4 is 0 Å². The molecule has 0 aromatic rings. The van der Waals surface area contributed by atoms with Gasteiger partial charge in [0.05, 0.1) is 31.7 Å².